The maximum absolute atomic E-state index is 11.6. The van der Waals surface area contributed by atoms with Gasteiger partial charge in [-0.05, 0) is 44.1 Å². The normalized spacial score (nSPS) is 10.8. The monoisotopic (exact) mass is 321 g/mol. The Labute approximate surface area is 140 Å². The molecular weight excluding hydrogens is 290 g/mol. The zero-order valence-corrected chi connectivity index (χ0v) is 14.7. The Morgan fingerprint density at radius 1 is 1.22 bits per heavy atom. The molecule has 5 heteroatoms. The number of ether oxygens (including phenoxy) is 1. The van der Waals surface area contributed by atoms with E-state index in [4.69, 9.17) is 10.5 Å². The van der Waals surface area contributed by atoms with Crippen molar-refractivity contribution in [2.75, 3.05) is 38.1 Å². The zero-order chi connectivity index (χ0) is 17.1. The lowest BCUT2D eigenvalue weighted by Gasteiger charge is -2.18. The molecule has 0 aromatic heterocycles. The Kier molecular flexibility index (Phi) is 9.14. The van der Waals surface area contributed by atoms with Gasteiger partial charge in [0.25, 0.3) is 5.91 Å². The van der Waals surface area contributed by atoms with Gasteiger partial charge >= 0.3 is 0 Å². The SMILES string of the molecule is CCCCNc1ccc(OCCCN(CC)CC)cc1C(N)=O. The summed E-state index contributed by atoms with van der Waals surface area (Å²) in [5.74, 6) is 0.261. The Morgan fingerprint density at radius 3 is 2.57 bits per heavy atom. The van der Waals surface area contributed by atoms with Gasteiger partial charge in [0.1, 0.15) is 5.75 Å². The lowest BCUT2D eigenvalue weighted by molar-refractivity contribution is 0.100. The number of hydrogen-bond donors (Lipinski definition) is 2. The molecule has 23 heavy (non-hydrogen) atoms. The van der Waals surface area contributed by atoms with Crippen molar-refractivity contribution in [1.29, 1.82) is 0 Å². The molecule has 0 fully saturated rings. The minimum atomic E-state index is -0.433. The second kappa shape index (κ2) is 10.9. The van der Waals surface area contributed by atoms with Crippen LogP contribution in [0.25, 0.3) is 0 Å². The average molecular weight is 321 g/mol. The Balaban J connectivity index is 2.56. The van der Waals surface area contributed by atoms with Crippen LogP contribution in [0.2, 0.25) is 0 Å². The zero-order valence-electron chi connectivity index (χ0n) is 14.7. The third kappa shape index (κ3) is 6.91. The molecule has 1 aromatic carbocycles. The van der Waals surface area contributed by atoms with Crippen LogP contribution in [-0.4, -0.2) is 43.6 Å². The fourth-order valence-electron chi connectivity index (χ4n) is 2.39. The average Bonchev–Trinajstić information content (AvgIpc) is 2.56. The lowest BCUT2D eigenvalue weighted by Crippen LogP contribution is -2.25. The van der Waals surface area contributed by atoms with E-state index in [1.165, 1.54) is 0 Å². The summed E-state index contributed by atoms with van der Waals surface area (Å²) in [4.78, 5) is 14.0. The number of primary amides is 1. The number of unbranched alkanes of at least 4 members (excludes halogenated alkanes) is 1. The van der Waals surface area contributed by atoms with E-state index in [1.54, 1.807) is 6.07 Å². The van der Waals surface area contributed by atoms with Gasteiger partial charge in [0, 0.05) is 18.8 Å². The highest BCUT2D eigenvalue weighted by Gasteiger charge is 2.10. The van der Waals surface area contributed by atoms with Crippen LogP contribution < -0.4 is 15.8 Å². The quantitative estimate of drug-likeness (QED) is 0.581. The molecular formula is C18H31N3O2. The van der Waals surface area contributed by atoms with Gasteiger partial charge in [-0.2, -0.15) is 0 Å². The molecule has 0 bridgehead atoms. The Morgan fingerprint density at radius 2 is 1.96 bits per heavy atom. The fraction of sp³-hybridized carbons (Fsp3) is 0.611. The van der Waals surface area contributed by atoms with E-state index < -0.39 is 5.91 Å². The topological polar surface area (TPSA) is 67.6 Å². The first-order chi connectivity index (χ1) is 11.1. The van der Waals surface area contributed by atoms with E-state index in [2.05, 4.69) is 31.0 Å². The predicted molar refractivity (Wildman–Crippen MR) is 96.3 cm³/mol. The number of anilines is 1. The van der Waals surface area contributed by atoms with Crippen LogP contribution in [-0.2, 0) is 0 Å². The molecule has 0 aliphatic carbocycles. The smallest absolute Gasteiger partial charge is 0.250 e. The van der Waals surface area contributed by atoms with Crippen LogP contribution >= 0.6 is 0 Å². The van der Waals surface area contributed by atoms with E-state index in [9.17, 15) is 4.79 Å². The van der Waals surface area contributed by atoms with E-state index in [1.807, 2.05) is 12.1 Å². The van der Waals surface area contributed by atoms with E-state index >= 15 is 0 Å². The molecule has 1 rings (SSSR count). The van der Waals surface area contributed by atoms with Crippen molar-refractivity contribution in [3.63, 3.8) is 0 Å². The van der Waals surface area contributed by atoms with Crippen LogP contribution in [0, 0.1) is 0 Å². The minimum absolute atomic E-state index is 0.433. The molecule has 0 atom stereocenters. The third-order valence-electron chi connectivity index (χ3n) is 3.88. The van der Waals surface area contributed by atoms with Crippen molar-refractivity contribution in [3.8, 4) is 5.75 Å². The number of rotatable bonds is 12. The Bertz CT molecular complexity index is 473. The summed E-state index contributed by atoms with van der Waals surface area (Å²) >= 11 is 0. The molecule has 0 saturated heterocycles. The first-order valence-electron chi connectivity index (χ1n) is 8.65. The van der Waals surface area contributed by atoms with Gasteiger partial charge in [-0.15, -0.1) is 0 Å². The summed E-state index contributed by atoms with van der Waals surface area (Å²) in [5, 5.41) is 3.26. The maximum Gasteiger partial charge on any atom is 0.250 e. The molecule has 0 aliphatic heterocycles. The van der Waals surface area contributed by atoms with Crippen molar-refractivity contribution in [2.24, 2.45) is 5.73 Å². The van der Waals surface area contributed by atoms with E-state index in [0.29, 0.717) is 17.9 Å². The number of hydrogen-bond acceptors (Lipinski definition) is 4. The number of benzene rings is 1. The summed E-state index contributed by atoms with van der Waals surface area (Å²) in [6, 6.07) is 5.49. The van der Waals surface area contributed by atoms with Gasteiger partial charge in [0.05, 0.1) is 12.2 Å². The highest BCUT2D eigenvalue weighted by molar-refractivity contribution is 5.98. The van der Waals surface area contributed by atoms with Crippen LogP contribution in [0.4, 0.5) is 5.69 Å². The lowest BCUT2D eigenvalue weighted by atomic mass is 10.1. The predicted octanol–water partition coefficient (Wildman–Crippen LogP) is 3.11. The van der Waals surface area contributed by atoms with Crippen molar-refractivity contribution in [3.05, 3.63) is 23.8 Å². The van der Waals surface area contributed by atoms with Crippen LogP contribution in [0.1, 0.15) is 50.4 Å². The number of nitrogens with one attached hydrogen (secondary N) is 1. The number of amides is 1. The summed E-state index contributed by atoms with van der Waals surface area (Å²) in [6.45, 7) is 11.1. The first-order valence-corrected chi connectivity index (χ1v) is 8.65. The fourth-order valence-corrected chi connectivity index (χ4v) is 2.39. The molecule has 0 aliphatic rings. The Hall–Kier alpha value is -1.75. The molecule has 0 heterocycles. The molecule has 1 amide bonds. The largest absolute Gasteiger partial charge is 0.494 e. The van der Waals surface area contributed by atoms with E-state index in [-0.39, 0.29) is 0 Å². The van der Waals surface area contributed by atoms with Crippen LogP contribution in [0.5, 0.6) is 5.75 Å². The van der Waals surface area contributed by atoms with Gasteiger partial charge in [-0.3, -0.25) is 4.79 Å². The van der Waals surface area contributed by atoms with Crippen molar-refractivity contribution < 1.29 is 9.53 Å². The number of carbonyl (C=O) groups is 1. The summed E-state index contributed by atoms with van der Waals surface area (Å²) in [5.41, 5.74) is 6.74. The molecule has 3 N–H and O–H groups in total. The second-order valence-electron chi connectivity index (χ2n) is 5.58. The molecule has 1 aromatic rings. The molecule has 0 unspecified atom stereocenters. The summed E-state index contributed by atoms with van der Waals surface area (Å²) in [7, 11) is 0. The van der Waals surface area contributed by atoms with Gasteiger partial charge in [-0.25, -0.2) is 0 Å². The maximum atomic E-state index is 11.6. The van der Waals surface area contributed by atoms with Gasteiger partial charge in [-0.1, -0.05) is 27.2 Å². The van der Waals surface area contributed by atoms with Gasteiger partial charge in [0.2, 0.25) is 0 Å². The van der Waals surface area contributed by atoms with Crippen molar-refractivity contribution in [2.45, 2.75) is 40.0 Å². The van der Waals surface area contributed by atoms with Gasteiger partial charge < -0.3 is 20.7 Å². The van der Waals surface area contributed by atoms with Crippen LogP contribution in [0.3, 0.4) is 0 Å². The number of nitrogens with zero attached hydrogens (tertiary/aromatic N) is 1. The molecule has 5 nitrogen and oxygen atoms in total. The van der Waals surface area contributed by atoms with E-state index in [0.717, 1.165) is 51.1 Å². The number of carbonyl (C=O) groups excluding carboxylic acids is 1. The van der Waals surface area contributed by atoms with Crippen LogP contribution in [0.15, 0.2) is 18.2 Å². The number of nitrogens with two attached hydrogens (primary N) is 1. The molecule has 0 radical (unpaired) electrons. The first kappa shape index (κ1) is 19.3. The highest BCUT2D eigenvalue weighted by Crippen LogP contribution is 2.22. The van der Waals surface area contributed by atoms with Crippen molar-refractivity contribution in [1.82, 2.24) is 4.90 Å². The minimum Gasteiger partial charge on any atom is -0.494 e. The summed E-state index contributed by atoms with van der Waals surface area (Å²) < 4.78 is 5.75. The standard InChI is InChI=1S/C18H31N3O2/c1-4-7-11-20-17-10-9-15(14-16(17)18(19)22)23-13-8-12-21(5-2)6-3/h9-10,14,20H,4-8,11-13H2,1-3H3,(H2,19,22). The molecule has 0 spiro atoms. The van der Waals surface area contributed by atoms with Crippen molar-refractivity contribution >= 4 is 11.6 Å². The summed E-state index contributed by atoms with van der Waals surface area (Å²) in [6.07, 6.45) is 3.12. The van der Waals surface area contributed by atoms with Gasteiger partial charge in [0.15, 0.2) is 0 Å². The highest BCUT2D eigenvalue weighted by atomic mass is 16.5. The second-order valence-corrected chi connectivity index (χ2v) is 5.58. The third-order valence-corrected chi connectivity index (χ3v) is 3.88. The molecule has 0 saturated carbocycles. The molecule has 130 valence electrons.